The summed E-state index contributed by atoms with van der Waals surface area (Å²) in [5, 5.41) is 0. The lowest BCUT2D eigenvalue weighted by Crippen LogP contribution is -2.24. The van der Waals surface area contributed by atoms with E-state index in [1.807, 2.05) is 18.2 Å². The van der Waals surface area contributed by atoms with Gasteiger partial charge in [0.1, 0.15) is 5.75 Å². The summed E-state index contributed by atoms with van der Waals surface area (Å²) in [6, 6.07) is 8.45. The van der Waals surface area contributed by atoms with Crippen LogP contribution in [0.5, 0.6) is 5.75 Å². The van der Waals surface area contributed by atoms with Gasteiger partial charge in [-0.25, -0.2) is 0 Å². The molecule has 0 aromatic heterocycles. The second kappa shape index (κ2) is 4.67. The molecule has 1 unspecified atom stereocenters. The zero-order chi connectivity index (χ0) is 10.7. The number of hydrogen-bond acceptors (Lipinski definition) is 2. The Morgan fingerprint density at radius 1 is 1.40 bits per heavy atom. The zero-order valence-corrected chi connectivity index (χ0v) is 9.28. The van der Waals surface area contributed by atoms with Gasteiger partial charge in [0.05, 0.1) is 6.61 Å². The summed E-state index contributed by atoms with van der Waals surface area (Å²) in [6.45, 7) is 2.80. The molecular formula is C13H19NO. The van der Waals surface area contributed by atoms with Crippen molar-refractivity contribution in [2.45, 2.75) is 32.2 Å². The summed E-state index contributed by atoms with van der Waals surface area (Å²) >= 11 is 0. The Hall–Kier alpha value is -1.02. The van der Waals surface area contributed by atoms with E-state index >= 15 is 0 Å². The topological polar surface area (TPSA) is 35.2 Å². The smallest absolute Gasteiger partial charge is 0.122 e. The third kappa shape index (κ3) is 2.96. The molecule has 1 aliphatic carbocycles. The minimum atomic E-state index is 0.342. The Morgan fingerprint density at radius 2 is 2.13 bits per heavy atom. The third-order valence-corrected chi connectivity index (χ3v) is 3.03. The van der Waals surface area contributed by atoms with E-state index < -0.39 is 0 Å². The average molecular weight is 205 g/mol. The molecule has 1 saturated carbocycles. The van der Waals surface area contributed by atoms with Crippen molar-refractivity contribution in [1.82, 2.24) is 0 Å². The van der Waals surface area contributed by atoms with Gasteiger partial charge in [-0.1, -0.05) is 18.2 Å². The van der Waals surface area contributed by atoms with Crippen LogP contribution >= 0.6 is 0 Å². The molecule has 0 amide bonds. The first-order chi connectivity index (χ1) is 7.27. The predicted octanol–water partition coefficient (Wildman–Crippen LogP) is 2.50. The Balaban J connectivity index is 1.75. The van der Waals surface area contributed by atoms with E-state index in [1.165, 1.54) is 18.4 Å². The first kappa shape index (κ1) is 10.5. The summed E-state index contributed by atoms with van der Waals surface area (Å²) in [5.74, 6) is 1.76. The Morgan fingerprint density at radius 3 is 2.80 bits per heavy atom. The highest BCUT2D eigenvalue weighted by atomic mass is 16.5. The summed E-state index contributed by atoms with van der Waals surface area (Å²) in [6.07, 6.45) is 3.59. The normalized spacial score (nSPS) is 17.5. The molecule has 15 heavy (non-hydrogen) atoms. The maximum atomic E-state index is 6.00. The molecule has 1 aliphatic rings. The number of nitrogens with two attached hydrogens (primary N) is 1. The van der Waals surface area contributed by atoms with E-state index in [9.17, 15) is 0 Å². The monoisotopic (exact) mass is 205 g/mol. The van der Waals surface area contributed by atoms with E-state index in [0.717, 1.165) is 24.7 Å². The highest BCUT2D eigenvalue weighted by molar-refractivity contribution is 5.31. The molecule has 0 heterocycles. The standard InChI is InChI=1S/C13H19NO/c1-10-4-2-3-5-13(10)15-9-8-12(14)11-6-7-11/h2-5,11-12H,6-9,14H2,1H3. The van der Waals surface area contributed by atoms with Crippen LogP contribution in [0, 0.1) is 12.8 Å². The van der Waals surface area contributed by atoms with E-state index in [2.05, 4.69) is 13.0 Å². The largest absolute Gasteiger partial charge is 0.493 e. The highest BCUT2D eigenvalue weighted by Crippen LogP contribution is 2.32. The summed E-state index contributed by atoms with van der Waals surface area (Å²) in [5.41, 5.74) is 7.19. The second-order valence-electron chi connectivity index (χ2n) is 4.40. The Labute approximate surface area is 91.4 Å². The van der Waals surface area contributed by atoms with E-state index in [1.54, 1.807) is 0 Å². The third-order valence-electron chi connectivity index (χ3n) is 3.03. The second-order valence-corrected chi connectivity index (χ2v) is 4.40. The van der Waals surface area contributed by atoms with Crippen LogP contribution in [0.4, 0.5) is 0 Å². The highest BCUT2D eigenvalue weighted by Gasteiger charge is 2.27. The van der Waals surface area contributed by atoms with Gasteiger partial charge in [-0.15, -0.1) is 0 Å². The van der Waals surface area contributed by atoms with Gasteiger partial charge >= 0.3 is 0 Å². The van der Waals surface area contributed by atoms with Gasteiger partial charge in [-0.05, 0) is 43.7 Å². The number of benzene rings is 1. The van der Waals surface area contributed by atoms with E-state index in [-0.39, 0.29) is 0 Å². The Kier molecular flexibility index (Phi) is 3.27. The van der Waals surface area contributed by atoms with Crippen LogP contribution < -0.4 is 10.5 Å². The van der Waals surface area contributed by atoms with Crippen LogP contribution in [0.1, 0.15) is 24.8 Å². The van der Waals surface area contributed by atoms with Crippen LogP contribution in [0.15, 0.2) is 24.3 Å². The van der Waals surface area contributed by atoms with Gasteiger partial charge in [0.25, 0.3) is 0 Å². The molecule has 1 aromatic carbocycles. The molecule has 0 radical (unpaired) electrons. The van der Waals surface area contributed by atoms with Gasteiger partial charge in [-0.3, -0.25) is 0 Å². The molecule has 0 spiro atoms. The molecule has 82 valence electrons. The fraction of sp³-hybridized carbons (Fsp3) is 0.538. The number of ether oxygens (including phenoxy) is 1. The minimum absolute atomic E-state index is 0.342. The molecule has 0 bridgehead atoms. The van der Waals surface area contributed by atoms with Crippen LogP contribution in [-0.4, -0.2) is 12.6 Å². The van der Waals surface area contributed by atoms with Crippen molar-refractivity contribution in [3.8, 4) is 5.75 Å². The molecule has 2 N–H and O–H groups in total. The Bertz CT molecular complexity index is 320. The van der Waals surface area contributed by atoms with Crippen molar-refractivity contribution in [3.63, 3.8) is 0 Å². The molecule has 0 saturated heterocycles. The number of aryl methyl sites for hydroxylation is 1. The van der Waals surface area contributed by atoms with Gasteiger partial charge in [0.2, 0.25) is 0 Å². The van der Waals surface area contributed by atoms with Crippen LogP contribution in [0.2, 0.25) is 0 Å². The SMILES string of the molecule is Cc1ccccc1OCCC(N)C1CC1. The maximum absolute atomic E-state index is 6.00. The van der Waals surface area contributed by atoms with Crippen molar-refractivity contribution < 1.29 is 4.74 Å². The number of para-hydroxylation sites is 1. The lowest BCUT2D eigenvalue weighted by atomic mass is 10.1. The molecular weight excluding hydrogens is 186 g/mol. The number of rotatable bonds is 5. The zero-order valence-electron chi connectivity index (χ0n) is 9.28. The predicted molar refractivity (Wildman–Crippen MR) is 62.0 cm³/mol. The molecule has 1 aromatic rings. The molecule has 0 aliphatic heterocycles. The molecule has 1 fully saturated rings. The fourth-order valence-electron chi connectivity index (χ4n) is 1.78. The minimum Gasteiger partial charge on any atom is -0.493 e. The molecule has 2 heteroatoms. The lowest BCUT2D eigenvalue weighted by Gasteiger charge is -2.12. The summed E-state index contributed by atoms with van der Waals surface area (Å²) < 4.78 is 5.71. The van der Waals surface area contributed by atoms with Gasteiger partial charge in [-0.2, -0.15) is 0 Å². The summed E-state index contributed by atoms with van der Waals surface area (Å²) in [4.78, 5) is 0. The van der Waals surface area contributed by atoms with Crippen LogP contribution in [0.3, 0.4) is 0 Å². The molecule has 2 rings (SSSR count). The summed E-state index contributed by atoms with van der Waals surface area (Å²) in [7, 11) is 0. The van der Waals surface area contributed by atoms with Gasteiger partial charge in [0, 0.05) is 6.04 Å². The molecule has 2 nitrogen and oxygen atoms in total. The first-order valence-electron chi connectivity index (χ1n) is 5.71. The lowest BCUT2D eigenvalue weighted by molar-refractivity contribution is 0.290. The van der Waals surface area contributed by atoms with Crippen LogP contribution in [0.25, 0.3) is 0 Å². The molecule has 1 atom stereocenters. The van der Waals surface area contributed by atoms with Crippen molar-refractivity contribution >= 4 is 0 Å². The first-order valence-corrected chi connectivity index (χ1v) is 5.71. The number of hydrogen-bond donors (Lipinski definition) is 1. The quantitative estimate of drug-likeness (QED) is 0.801. The van der Waals surface area contributed by atoms with Crippen molar-refractivity contribution in [2.24, 2.45) is 11.7 Å². The maximum Gasteiger partial charge on any atom is 0.122 e. The van der Waals surface area contributed by atoms with Crippen molar-refractivity contribution in [1.29, 1.82) is 0 Å². The van der Waals surface area contributed by atoms with Gasteiger partial charge < -0.3 is 10.5 Å². The van der Waals surface area contributed by atoms with E-state index in [4.69, 9.17) is 10.5 Å². The van der Waals surface area contributed by atoms with Crippen molar-refractivity contribution in [2.75, 3.05) is 6.61 Å². The van der Waals surface area contributed by atoms with Crippen molar-refractivity contribution in [3.05, 3.63) is 29.8 Å². The average Bonchev–Trinajstić information content (AvgIpc) is 3.04. The van der Waals surface area contributed by atoms with Crippen LogP contribution in [-0.2, 0) is 0 Å². The fourth-order valence-corrected chi connectivity index (χ4v) is 1.78. The van der Waals surface area contributed by atoms with E-state index in [0.29, 0.717) is 6.04 Å². The van der Waals surface area contributed by atoms with Gasteiger partial charge in [0.15, 0.2) is 0 Å².